The summed E-state index contributed by atoms with van der Waals surface area (Å²) < 4.78 is 0. The number of nitrogens with two attached hydrogens (primary N) is 1. The SMILES string of the molecule is C1CC[NH2+]CC1.CCCCCCCCCCCC(=O)[O-]. The number of quaternary nitrogens is 1. The van der Waals surface area contributed by atoms with E-state index in [1.54, 1.807) is 0 Å². The molecule has 3 nitrogen and oxygen atoms in total. The number of piperidine rings is 1. The minimum Gasteiger partial charge on any atom is -0.550 e. The Hall–Kier alpha value is -0.570. The van der Waals surface area contributed by atoms with Gasteiger partial charge < -0.3 is 15.2 Å². The van der Waals surface area contributed by atoms with Gasteiger partial charge in [-0.15, -0.1) is 0 Å². The molecule has 0 spiro atoms. The van der Waals surface area contributed by atoms with Crippen LogP contribution in [0.1, 0.15) is 90.4 Å². The second-order valence-electron chi connectivity index (χ2n) is 5.88. The lowest BCUT2D eigenvalue weighted by molar-refractivity contribution is -0.662. The van der Waals surface area contributed by atoms with Crippen molar-refractivity contribution in [2.24, 2.45) is 0 Å². The van der Waals surface area contributed by atoms with Crippen molar-refractivity contribution in [3.05, 3.63) is 0 Å². The van der Waals surface area contributed by atoms with E-state index >= 15 is 0 Å². The molecule has 1 aliphatic rings. The Morgan fingerprint density at radius 1 is 0.850 bits per heavy atom. The number of unbranched alkanes of at least 4 members (excludes halogenated alkanes) is 8. The molecule has 0 aromatic carbocycles. The van der Waals surface area contributed by atoms with Crippen LogP contribution in [-0.4, -0.2) is 19.1 Å². The molecule has 1 fully saturated rings. The van der Waals surface area contributed by atoms with Gasteiger partial charge in [0.1, 0.15) is 0 Å². The highest BCUT2D eigenvalue weighted by molar-refractivity contribution is 5.63. The standard InChI is InChI=1S/C12H24O2.C5H11N/c1-2-3-4-5-6-7-8-9-10-11-12(13)14;1-2-4-6-5-3-1/h2-11H2,1H3,(H,13,14);6H,1-5H2. The second kappa shape index (κ2) is 16.5. The largest absolute Gasteiger partial charge is 0.550 e. The summed E-state index contributed by atoms with van der Waals surface area (Å²) in [5.41, 5.74) is 0. The zero-order chi connectivity index (χ0) is 14.9. The molecule has 1 aliphatic heterocycles. The fraction of sp³-hybridized carbons (Fsp3) is 0.941. The summed E-state index contributed by atoms with van der Waals surface area (Å²) in [5.74, 6) is -0.909. The molecule has 1 rings (SSSR count). The van der Waals surface area contributed by atoms with E-state index in [-0.39, 0.29) is 6.42 Å². The molecule has 0 radical (unpaired) electrons. The number of rotatable bonds is 10. The van der Waals surface area contributed by atoms with Gasteiger partial charge in [-0.25, -0.2) is 0 Å². The lowest BCUT2D eigenvalue weighted by Gasteiger charge is -2.05. The predicted molar refractivity (Wildman–Crippen MR) is 82.4 cm³/mol. The van der Waals surface area contributed by atoms with E-state index in [0.717, 1.165) is 12.8 Å². The van der Waals surface area contributed by atoms with Crippen LogP contribution in [0, 0.1) is 0 Å². The molecule has 0 bridgehead atoms. The molecule has 0 aromatic rings. The van der Waals surface area contributed by atoms with E-state index in [1.165, 1.54) is 77.3 Å². The first-order chi connectivity index (χ1) is 9.77. The van der Waals surface area contributed by atoms with Crippen LogP contribution in [0.2, 0.25) is 0 Å². The van der Waals surface area contributed by atoms with Crippen LogP contribution in [0.3, 0.4) is 0 Å². The van der Waals surface area contributed by atoms with Crippen molar-refractivity contribution in [2.75, 3.05) is 13.1 Å². The van der Waals surface area contributed by atoms with Crippen molar-refractivity contribution in [3.63, 3.8) is 0 Å². The summed E-state index contributed by atoms with van der Waals surface area (Å²) in [5, 5.41) is 12.5. The monoisotopic (exact) mass is 285 g/mol. The predicted octanol–water partition coefficient (Wildman–Crippen LogP) is 2.39. The molecule has 0 unspecified atom stereocenters. The van der Waals surface area contributed by atoms with Gasteiger partial charge in [-0.2, -0.15) is 0 Å². The number of hydrogen-bond donors (Lipinski definition) is 1. The molecule has 1 heterocycles. The number of carboxylic acids is 1. The smallest absolute Gasteiger partial charge is 0.0755 e. The molecule has 0 atom stereocenters. The van der Waals surface area contributed by atoms with Crippen molar-refractivity contribution in [1.29, 1.82) is 0 Å². The molecule has 0 aromatic heterocycles. The normalized spacial score (nSPS) is 14.4. The summed E-state index contributed by atoms with van der Waals surface area (Å²) in [4.78, 5) is 10.1. The van der Waals surface area contributed by atoms with Gasteiger partial charge in [-0.05, 0) is 32.1 Å². The van der Waals surface area contributed by atoms with E-state index in [4.69, 9.17) is 0 Å². The molecule has 0 saturated carbocycles. The first-order valence-corrected chi connectivity index (χ1v) is 8.79. The first kappa shape index (κ1) is 19.4. The maximum atomic E-state index is 10.1. The van der Waals surface area contributed by atoms with Crippen molar-refractivity contribution in [3.8, 4) is 0 Å². The van der Waals surface area contributed by atoms with E-state index in [1.807, 2.05) is 0 Å². The molecular formula is C17H35NO2. The second-order valence-corrected chi connectivity index (χ2v) is 5.88. The van der Waals surface area contributed by atoms with E-state index < -0.39 is 5.97 Å². The minimum atomic E-state index is -0.909. The topological polar surface area (TPSA) is 56.7 Å². The molecule has 3 heteroatoms. The van der Waals surface area contributed by atoms with Crippen LogP contribution in [0.15, 0.2) is 0 Å². The molecule has 0 aliphatic carbocycles. The van der Waals surface area contributed by atoms with Gasteiger partial charge in [0.15, 0.2) is 0 Å². The Morgan fingerprint density at radius 3 is 1.70 bits per heavy atom. The van der Waals surface area contributed by atoms with Crippen molar-refractivity contribution in [2.45, 2.75) is 90.4 Å². The Labute approximate surface area is 125 Å². The third kappa shape index (κ3) is 17.4. The lowest BCUT2D eigenvalue weighted by Crippen LogP contribution is -2.85. The zero-order valence-corrected chi connectivity index (χ0v) is 13.5. The summed E-state index contributed by atoms with van der Waals surface area (Å²) in [6.07, 6.45) is 15.5. The highest BCUT2D eigenvalue weighted by Crippen LogP contribution is 2.10. The number of hydrogen-bond acceptors (Lipinski definition) is 2. The van der Waals surface area contributed by atoms with Crippen LogP contribution < -0.4 is 10.4 Å². The van der Waals surface area contributed by atoms with Crippen LogP contribution in [-0.2, 0) is 4.79 Å². The average Bonchev–Trinajstić information content (AvgIpc) is 2.48. The lowest BCUT2D eigenvalue weighted by atomic mass is 10.1. The first-order valence-electron chi connectivity index (χ1n) is 8.79. The molecular weight excluding hydrogens is 250 g/mol. The minimum absolute atomic E-state index is 0.232. The average molecular weight is 285 g/mol. The van der Waals surface area contributed by atoms with Gasteiger partial charge in [0.25, 0.3) is 0 Å². The van der Waals surface area contributed by atoms with Crippen LogP contribution in [0.4, 0.5) is 0 Å². The molecule has 0 amide bonds. The number of aliphatic carboxylic acids is 1. The maximum Gasteiger partial charge on any atom is 0.0755 e. The maximum absolute atomic E-state index is 10.1. The van der Waals surface area contributed by atoms with Crippen LogP contribution in [0.5, 0.6) is 0 Å². The van der Waals surface area contributed by atoms with E-state index in [2.05, 4.69) is 12.2 Å². The van der Waals surface area contributed by atoms with Gasteiger partial charge in [-0.1, -0.05) is 58.3 Å². The van der Waals surface area contributed by atoms with Crippen LogP contribution in [0.25, 0.3) is 0 Å². The van der Waals surface area contributed by atoms with Gasteiger partial charge in [0, 0.05) is 5.97 Å². The summed E-state index contributed by atoms with van der Waals surface area (Å²) in [7, 11) is 0. The third-order valence-electron chi connectivity index (χ3n) is 3.80. The Morgan fingerprint density at radius 2 is 1.35 bits per heavy atom. The third-order valence-corrected chi connectivity index (χ3v) is 3.80. The Bertz CT molecular complexity index is 192. The number of carbonyl (C=O) groups excluding carboxylic acids is 1. The summed E-state index contributed by atoms with van der Waals surface area (Å²) in [6, 6.07) is 0. The summed E-state index contributed by atoms with van der Waals surface area (Å²) in [6.45, 7) is 4.97. The van der Waals surface area contributed by atoms with E-state index in [9.17, 15) is 9.90 Å². The van der Waals surface area contributed by atoms with Gasteiger partial charge in [-0.3, -0.25) is 0 Å². The van der Waals surface area contributed by atoms with Gasteiger partial charge in [0.05, 0.1) is 13.1 Å². The number of carboxylic acid groups (broad SMARTS) is 1. The molecule has 20 heavy (non-hydrogen) atoms. The quantitative estimate of drug-likeness (QED) is 0.627. The Balaban J connectivity index is 0.000000493. The van der Waals surface area contributed by atoms with Crippen molar-refractivity contribution < 1.29 is 15.2 Å². The highest BCUT2D eigenvalue weighted by atomic mass is 16.4. The molecule has 1 saturated heterocycles. The van der Waals surface area contributed by atoms with Gasteiger partial charge in [0.2, 0.25) is 0 Å². The van der Waals surface area contributed by atoms with Crippen LogP contribution >= 0.6 is 0 Å². The fourth-order valence-electron chi connectivity index (χ4n) is 2.48. The Kier molecular flexibility index (Phi) is 16.0. The fourth-order valence-corrected chi connectivity index (χ4v) is 2.48. The van der Waals surface area contributed by atoms with E-state index in [0.29, 0.717) is 0 Å². The van der Waals surface area contributed by atoms with Crippen molar-refractivity contribution >= 4 is 5.97 Å². The van der Waals surface area contributed by atoms with Gasteiger partial charge >= 0.3 is 0 Å². The molecule has 120 valence electrons. The zero-order valence-electron chi connectivity index (χ0n) is 13.5. The summed E-state index contributed by atoms with van der Waals surface area (Å²) >= 11 is 0. The molecule has 2 N–H and O–H groups in total. The highest BCUT2D eigenvalue weighted by Gasteiger charge is 1.97. The number of carbonyl (C=O) groups is 1. The van der Waals surface area contributed by atoms with Crippen molar-refractivity contribution in [1.82, 2.24) is 0 Å².